The number of aliphatic hydroxyl groups is 3. The second-order valence-corrected chi connectivity index (χ2v) is 35.3. The number of aryl methyl sites for hydroxylation is 1. The second-order valence-electron chi connectivity index (χ2n) is 34.0. The number of imide groups is 1. The lowest BCUT2D eigenvalue weighted by molar-refractivity contribution is -0.249. The molecule has 10 amide bonds. The molecule has 0 bridgehead atoms. The van der Waals surface area contributed by atoms with E-state index in [2.05, 4.69) is 53.2 Å². The molecule has 2 fully saturated rings. The Labute approximate surface area is 767 Å². The van der Waals surface area contributed by atoms with Crippen molar-refractivity contribution >= 4 is 129 Å². The number of ketones is 6. The molecule has 0 spiro atoms. The van der Waals surface area contributed by atoms with E-state index in [1.54, 1.807) is 33.8 Å². The van der Waals surface area contributed by atoms with Gasteiger partial charge >= 0.3 is 12.1 Å². The van der Waals surface area contributed by atoms with Crippen molar-refractivity contribution in [1.82, 2.24) is 52.8 Å². The van der Waals surface area contributed by atoms with E-state index in [0.29, 0.717) is 36.9 Å². The summed E-state index contributed by atoms with van der Waals surface area (Å²) in [7, 11) is 0. The molecular weight excluding hydrogens is 1740 g/mol. The van der Waals surface area contributed by atoms with Gasteiger partial charge in [-0.1, -0.05) is 57.5 Å². The number of aromatic hydroxyl groups is 2. The van der Waals surface area contributed by atoms with Crippen LogP contribution >= 0.6 is 11.8 Å². The normalized spacial score (nSPS) is 19.5. The van der Waals surface area contributed by atoms with E-state index >= 15 is 0 Å². The molecule has 724 valence electrons. The van der Waals surface area contributed by atoms with E-state index in [4.69, 9.17) is 70.2 Å². The number of phenols is 2. The van der Waals surface area contributed by atoms with E-state index in [9.17, 15) is 97.5 Å². The zero-order chi connectivity index (χ0) is 97.5. The number of thioether (sulfide) groups is 1. The fourth-order valence-electron chi connectivity index (χ4n) is 16.2. The number of hydrogen-bond donors (Lipinski definition) is 25. The van der Waals surface area contributed by atoms with Crippen molar-refractivity contribution in [3.8, 4) is 11.5 Å². The molecule has 2 saturated heterocycles. The number of amides is 10. The first kappa shape index (κ1) is 107. The topological polar surface area (TPSA) is 760 Å². The highest BCUT2D eigenvalue weighted by Gasteiger charge is 2.51. The highest BCUT2D eigenvalue weighted by molar-refractivity contribution is 8.00. The SMILES string of the molecule is Cc1cccc2c1C(=O)c1c(O)c3c(c(O)c1C2=O)C[C@@](O)(C(=O)CO)CC3O[C@H]1CC(NC(=O)OCc2ccc(NC(=O)[C@H](CCCNC(N)=O)CC(=O)[C@@H](NC(=O)CCCCCN3C(=O)CC(SC[C@@H](CC(=O)[C@@H](CCCNC(=N)N)NC(=O)[C@@H](CCCNC(=N)N)CC(=O)[C@@H](CCCNC(=N)N)NC(=O)[C@H](C)CCCNC(=N)N)C(N)=O)C3=O)C(C)C)cc2)[C@H](O)[C@H](C)O1. The number of benzene rings is 3. The molecular formula is C87H127N21O23S. The van der Waals surface area contributed by atoms with Crippen LogP contribution in [0.15, 0.2) is 42.5 Å². The maximum absolute atomic E-state index is 14.5. The van der Waals surface area contributed by atoms with E-state index < -0.39 is 232 Å². The summed E-state index contributed by atoms with van der Waals surface area (Å²) in [6.45, 7) is 7.40. The first-order valence-corrected chi connectivity index (χ1v) is 45.0. The van der Waals surface area contributed by atoms with Gasteiger partial charge in [0.1, 0.15) is 36.4 Å². The number of guanidine groups is 4. The first-order chi connectivity index (χ1) is 62.4. The minimum Gasteiger partial charge on any atom is -0.507 e. The lowest BCUT2D eigenvalue weighted by Crippen LogP contribution is -2.56. The van der Waals surface area contributed by atoms with Gasteiger partial charge in [-0.05, 0) is 120 Å². The average Bonchev–Trinajstić information content (AvgIpc) is 0.764. The molecule has 44 nitrogen and oxygen atoms in total. The Bertz CT molecular complexity index is 4750. The lowest BCUT2D eigenvalue weighted by Gasteiger charge is -2.42. The van der Waals surface area contributed by atoms with Crippen LogP contribution in [-0.4, -0.2) is 248 Å². The predicted octanol–water partition coefficient (Wildman–Crippen LogP) is 0.0880. The zero-order valence-corrected chi connectivity index (χ0v) is 75.6. The minimum absolute atomic E-state index is 0.00837. The van der Waals surface area contributed by atoms with Crippen molar-refractivity contribution in [2.24, 2.45) is 64.0 Å². The standard InChI is InChI=1S/C87H127N21O23S/c1-43(2)70(107-63(114)22-7-6-8-32-108-64(115)37-61(80(108)125)132-42-50(76(88)121)35-58(111)55(21-14-30-101-84(95)96)105-79(124)48(17-11-28-99-82(91)92)33-57(110)54(20-13-29-100-83(93)94)104-77(122)45(4)16-10-27-98-81(89)90)59(112)34-49(18-12-31-102-85(97)126)78(123)103-51-25-23-47(24-26-51)41-129-86(127)106-56-36-65(130-46(5)71(56)116)131-60-39-87(128,62(113)40-109)38-53-67(60)75(120)69-68(73(53)118)72(117)52-19-9-15-44(3)66(52)74(69)119/h9,15,19,23-26,43,45-46,48-50,54-56,60-61,65,70-71,109,116,118,120,128H,6-8,10-14,16-18,20-22,27-42H2,1-5H3,(H2,88,121)(H,103,123)(H,104,122)(H,105,124)(H,106,127)(H,107,114)(H4,89,90,98)(H4,91,92,99)(H4,93,94,100)(H4,95,96,101)(H3,97,102,126)/t45-,46+,48+,49-,50-,54-,55-,56?,60?,61?,65+,70+,71-,87+/m1/s1. The summed E-state index contributed by atoms with van der Waals surface area (Å²) in [5.41, 5.74) is 30.0. The van der Waals surface area contributed by atoms with E-state index in [-0.39, 0.29) is 187 Å². The molecule has 2 aliphatic heterocycles. The van der Waals surface area contributed by atoms with Crippen LogP contribution in [0.3, 0.4) is 0 Å². The van der Waals surface area contributed by atoms with Crippen molar-refractivity contribution in [1.29, 1.82) is 21.6 Å². The molecule has 132 heavy (non-hydrogen) atoms. The van der Waals surface area contributed by atoms with Crippen LogP contribution in [0.4, 0.5) is 15.3 Å². The Morgan fingerprint density at radius 2 is 1.18 bits per heavy atom. The maximum atomic E-state index is 14.5. The van der Waals surface area contributed by atoms with E-state index in [1.165, 1.54) is 43.3 Å². The summed E-state index contributed by atoms with van der Waals surface area (Å²) in [6, 6.07) is 5.18. The Kier molecular flexibility index (Phi) is 41.0. The van der Waals surface area contributed by atoms with Crippen LogP contribution in [0.5, 0.6) is 11.5 Å². The highest BCUT2D eigenvalue weighted by atomic mass is 32.2. The number of fused-ring (bicyclic) bond motifs is 3. The summed E-state index contributed by atoms with van der Waals surface area (Å²) in [4.78, 5) is 206. The second kappa shape index (κ2) is 50.8. The number of carbonyl (C=O) groups is 15. The van der Waals surface area contributed by atoms with Gasteiger partial charge in [0, 0.05) is 142 Å². The third-order valence-electron chi connectivity index (χ3n) is 23.5. The summed E-state index contributed by atoms with van der Waals surface area (Å²) in [5, 5.41) is 113. The summed E-state index contributed by atoms with van der Waals surface area (Å²) >= 11 is 0.948. The third-order valence-corrected chi connectivity index (χ3v) is 24.9. The number of aliphatic hydroxyl groups excluding tert-OH is 2. The van der Waals surface area contributed by atoms with Crippen LogP contribution in [0.25, 0.3) is 0 Å². The predicted molar refractivity (Wildman–Crippen MR) is 482 cm³/mol. The summed E-state index contributed by atoms with van der Waals surface area (Å²) < 4.78 is 17.8. The number of Topliss-reactive ketones (excluding diaryl/α,β-unsaturated/α-hetero) is 4. The number of nitrogens with two attached hydrogens (primary N) is 6. The van der Waals surface area contributed by atoms with E-state index in [1.807, 2.05) is 0 Å². The van der Waals surface area contributed by atoms with Gasteiger partial charge in [-0.25, -0.2) is 9.59 Å². The van der Waals surface area contributed by atoms with Gasteiger partial charge in [0.05, 0.1) is 58.7 Å². The number of carbonyl (C=O) groups excluding carboxylic acids is 15. The smallest absolute Gasteiger partial charge is 0.407 e. The summed E-state index contributed by atoms with van der Waals surface area (Å²) in [5.74, 6) is -16.0. The van der Waals surface area contributed by atoms with Gasteiger partial charge in [-0.2, -0.15) is 0 Å². The molecule has 4 aliphatic rings. The van der Waals surface area contributed by atoms with Crippen LogP contribution in [0.1, 0.15) is 216 Å². The number of hydrogen-bond acceptors (Lipinski definition) is 28. The first-order valence-electron chi connectivity index (χ1n) is 44.0. The molecule has 2 aliphatic carbocycles. The zero-order valence-electron chi connectivity index (χ0n) is 74.7. The van der Waals surface area contributed by atoms with Crippen LogP contribution in [0.2, 0.25) is 0 Å². The number of phenolic OH excluding ortho intramolecular Hbond substituents is 2. The number of alkyl carbamates (subject to hydrolysis) is 1. The van der Waals surface area contributed by atoms with Crippen molar-refractivity contribution in [2.75, 3.05) is 56.9 Å². The number of unbranched alkanes of at least 4 members (excludes halogenated alkanes) is 2. The quantitative estimate of drug-likeness (QED) is 0.00915. The highest BCUT2D eigenvalue weighted by Crippen LogP contribution is 2.52. The van der Waals surface area contributed by atoms with Crippen molar-refractivity contribution in [2.45, 2.75) is 236 Å². The lowest BCUT2D eigenvalue weighted by atomic mass is 9.71. The van der Waals surface area contributed by atoms with Gasteiger partial charge in [0.15, 0.2) is 64.8 Å². The van der Waals surface area contributed by atoms with Crippen molar-refractivity contribution < 1.29 is 112 Å². The molecule has 7 rings (SSSR count). The molecule has 14 atom stereocenters. The van der Waals surface area contributed by atoms with Gasteiger partial charge in [-0.3, -0.25) is 88.9 Å². The fraction of sp³-hybridized carbons (Fsp3) is 0.575. The molecule has 31 N–H and O–H groups in total. The number of anilines is 1. The number of nitrogens with zero attached hydrogens (tertiary/aromatic N) is 1. The maximum Gasteiger partial charge on any atom is 0.407 e. The number of nitrogens with one attached hydrogen (secondary N) is 14. The third kappa shape index (κ3) is 31.1. The van der Waals surface area contributed by atoms with Gasteiger partial charge in [0.25, 0.3) is 0 Å². The molecule has 3 aromatic carbocycles. The molecule has 0 aromatic heterocycles. The van der Waals surface area contributed by atoms with Gasteiger partial charge < -0.3 is 127 Å². The Morgan fingerprint density at radius 1 is 0.636 bits per heavy atom. The molecule has 45 heteroatoms. The average molecular weight is 1870 g/mol. The number of primary amides is 2. The Balaban J connectivity index is 0.895. The number of ether oxygens (including phenoxy) is 3. The van der Waals surface area contributed by atoms with Gasteiger partial charge in [-0.15, -0.1) is 11.8 Å². The summed E-state index contributed by atoms with van der Waals surface area (Å²) in [6.07, 6.45) is -6.97. The molecule has 0 radical (unpaired) electrons. The van der Waals surface area contributed by atoms with Crippen molar-refractivity contribution in [3.63, 3.8) is 0 Å². The molecule has 3 unspecified atom stereocenters. The number of likely N-dealkylation sites (tertiary alicyclic amines) is 1. The molecule has 3 aromatic rings. The Hall–Kier alpha value is -12.5. The molecule has 2 heterocycles. The fourth-order valence-corrected chi connectivity index (χ4v) is 17.5. The molecule has 0 saturated carbocycles. The largest absolute Gasteiger partial charge is 0.507 e. The van der Waals surface area contributed by atoms with Crippen LogP contribution in [0, 0.1) is 58.2 Å². The van der Waals surface area contributed by atoms with Crippen LogP contribution < -0.4 is 87.6 Å². The minimum atomic E-state index is -2.44. The monoisotopic (exact) mass is 1870 g/mol. The Morgan fingerprint density at radius 3 is 1.75 bits per heavy atom. The number of urea groups is 1. The van der Waals surface area contributed by atoms with Crippen molar-refractivity contribution in [3.05, 3.63) is 87.0 Å². The van der Waals surface area contributed by atoms with E-state index in [0.717, 1.165) is 16.7 Å². The van der Waals surface area contributed by atoms with Crippen LogP contribution in [-0.2, 0) is 80.0 Å². The van der Waals surface area contributed by atoms with Gasteiger partial charge in [0.2, 0.25) is 41.4 Å². The number of rotatable bonds is 54.